The maximum atomic E-state index is 5.81. The maximum absolute atomic E-state index is 5.81. The van der Waals surface area contributed by atoms with E-state index in [9.17, 15) is 0 Å². The predicted octanol–water partition coefficient (Wildman–Crippen LogP) is 3.52. The Bertz CT molecular complexity index is 870. The molecule has 98 valence electrons. The molecule has 0 atom stereocenters. The van der Waals surface area contributed by atoms with Crippen LogP contribution in [-0.4, -0.2) is 20.2 Å². The number of furan rings is 1. The Morgan fingerprint density at radius 2 is 1.95 bits per heavy atom. The molecule has 0 saturated carbocycles. The van der Waals surface area contributed by atoms with Crippen molar-refractivity contribution < 1.29 is 4.42 Å². The first-order valence-corrected chi connectivity index (χ1v) is 6.36. The first-order valence-electron chi connectivity index (χ1n) is 6.36. The van der Waals surface area contributed by atoms with Crippen molar-refractivity contribution in [2.45, 2.75) is 6.92 Å². The number of nitrogens with one attached hydrogen (secondary N) is 2. The Morgan fingerprint density at radius 3 is 2.80 bits per heavy atom. The second-order valence-electron chi connectivity index (χ2n) is 4.74. The summed E-state index contributed by atoms with van der Waals surface area (Å²) in [5, 5.41) is 6.79. The molecule has 4 rings (SSSR count). The minimum Gasteiger partial charge on any atom is -0.451 e. The lowest BCUT2D eigenvalue weighted by atomic mass is 10.2. The Morgan fingerprint density at radius 1 is 1.05 bits per heavy atom. The molecule has 3 heterocycles. The van der Waals surface area contributed by atoms with Crippen LogP contribution in [0, 0.1) is 6.92 Å². The van der Waals surface area contributed by atoms with Crippen LogP contribution in [0.1, 0.15) is 5.56 Å². The normalized spacial score (nSPS) is 11.2. The van der Waals surface area contributed by atoms with Crippen LogP contribution in [0.4, 0.5) is 0 Å². The molecule has 0 radical (unpaired) electrons. The predicted molar refractivity (Wildman–Crippen MR) is 76.1 cm³/mol. The van der Waals surface area contributed by atoms with Gasteiger partial charge in [-0.05, 0) is 42.8 Å². The molecule has 0 aliphatic heterocycles. The van der Waals surface area contributed by atoms with E-state index in [-0.39, 0.29) is 0 Å². The van der Waals surface area contributed by atoms with Crippen molar-refractivity contribution in [3.63, 3.8) is 0 Å². The summed E-state index contributed by atoms with van der Waals surface area (Å²) in [6, 6.07) is 11.8. The summed E-state index contributed by atoms with van der Waals surface area (Å²) < 4.78 is 5.81. The van der Waals surface area contributed by atoms with Gasteiger partial charge in [0.25, 0.3) is 0 Å². The largest absolute Gasteiger partial charge is 0.451 e. The second kappa shape index (κ2) is 4.09. The summed E-state index contributed by atoms with van der Waals surface area (Å²) >= 11 is 0. The molecule has 1 aromatic carbocycles. The van der Waals surface area contributed by atoms with Crippen LogP contribution in [0.15, 0.2) is 47.0 Å². The summed E-state index contributed by atoms with van der Waals surface area (Å²) in [5.41, 5.74) is 4.00. The Hall–Kier alpha value is -2.82. The van der Waals surface area contributed by atoms with Gasteiger partial charge in [0.1, 0.15) is 5.69 Å². The monoisotopic (exact) mass is 264 g/mol. The highest BCUT2D eigenvalue weighted by Gasteiger charge is 2.11. The molecule has 5 heteroatoms. The topological polar surface area (TPSA) is 70.5 Å². The number of hydrogen-bond acceptors (Lipinski definition) is 3. The summed E-state index contributed by atoms with van der Waals surface area (Å²) in [5.74, 6) is 2.19. The quantitative estimate of drug-likeness (QED) is 0.582. The lowest BCUT2D eigenvalue weighted by Gasteiger charge is -1.91. The maximum Gasteiger partial charge on any atom is 0.174 e. The van der Waals surface area contributed by atoms with Crippen molar-refractivity contribution in [3.8, 4) is 23.0 Å². The highest BCUT2D eigenvalue weighted by atomic mass is 16.3. The molecular formula is C15H12N4O. The van der Waals surface area contributed by atoms with E-state index in [0.717, 1.165) is 28.3 Å². The number of rotatable bonds is 2. The molecule has 0 fully saturated rings. The molecule has 0 spiro atoms. The zero-order valence-corrected chi connectivity index (χ0v) is 10.8. The van der Waals surface area contributed by atoms with Gasteiger partial charge < -0.3 is 9.40 Å². The molecule has 20 heavy (non-hydrogen) atoms. The van der Waals surface area contributed by atoms with E-state index in [1.165, 1.54) is 5.56 Å². The molecule has 0 bridgehead atoms. The molecule has 0 unspecified atom stereocenters. The summed E-state index contributed by atoms with van der Waals surface area (Å²) in [4.78, 5) is 7.82. The molecule has 0 amide bonds. The number of aryl methyl sites for hydroxylation is 1. The molecular weight excluding hydrogens is 252 g/mol. The third kappa shape index (κ3) is 1.72. The first kappa shape index (κ1) is 11.0. The number of imidazole rings is 1. The minimum atomic E-state index is 0.712. The van der Waals surface area contributed by atoms with Crippen LogP contribution in [-0.2, 0) is 0 Å². The fraction of sp³-hybridized carbons (Fsp3) is 0.0667. The Kier molecular flexibility index (Phi) is 2.26. The molecule has 2 N–H and O–H groups in total. The number of fused-ring (bicyclic) bond motifs is 1. The first-order chi connectivity index (χ1) is 9.79. The van der Waals surface area contributed by atoms with Crippen LogP contribution in [0.5, 0.6) is 0 Å². The van der Waals surface area contributed by atoms with Gasteiger partial charge in [0.05, 0.1) is 11.0 Å². The smallest absolute Gasteiger partial charge is 0.174 e. The van der Waals surface area contributed by atoms with E-state index in [1.807, 2.05) is 30.3 Å². The highest BCUT2D eigenvalue weighted by Crippen LogP contribution is 2.27. The average molecular weight is 264 g/mol. The zero-order chi connectivity index (χ0) is 13.5. The van der Waals surface area contributed by atoms with Gasteiger partial charge in [-0.3, -0.25) is 5.10 Å². The van der Waals surface area contributed by atoms with E-state index in [0.29, 0.717) is 5.76 Å². The van der Waals surface area contributed by atoms with Gasteiger partial charge >= 0.3 is 0 Å². The van der Waals surface area contributed by atoms with Crippen molar-refractivity contribution in [3.05, 3.63) is 48.2 Å². The Labute approximate surface area is 114 Å². The van der Waals surface area contributed by atoms with E-state index in [4.69, 9.17) is 4.42 Å². The SMILES string of the molecule is Cc1ccc2nc(-c3ccc(-c4ccn[nH]4)o3)[nH]c2c1. The van der Waals surface area contributed by atoms with Gasteiger partial charge in [-0.15, -0.1) is 0 Å². The van der Waals surface area contributed by atoms with Crippen molar-refractivity contribution >= 4 is 11.0 Å². The molecule has 3 aromatic heterocycles. The van der Waals surface area contributed by atoms with E-state index in [2.05, 4.69) is 33.2 Å². The molecule has 0 aliphatic carbocycles. The van der Waals surface area contributed by atoms with Crippen molar-refractivity contribution in [2.75, 3.05) is 0 Å². The van der Waals surface area contributed by atoms with Crippen molar-refractivity contribution in [1.29, 1.82) is 0 Å². The lowest BCUT2D eigenvalue weighted by Crippen LogP contribution is -1.76. The van der Waals surface area contributed by atoms with Gasteiger partial charge in [-0.1, -0.05) is 6.07 Å². The Balaban J connectivity index is 1.79. The average Bonchev–Trinajstić information content (AvgIpc) is 3.17. The van der Waals surface area contributed by atoms with Gasteiger partial charge in [0, 0.05) is 6.20 Å². The zero-order valence-electron chi connectivity index (χ0n) is 10.8. The van der Waals surface area contributed by atoms with Gasteiger partial charge in [0.2, 0.25) is 0 Å². The molecule has 4 aromatic rings. The highest BCUT2D eigenvalue weighted by molar-refractivity contribution is 5.79. The van der Waals surface area contributed by atoms with Crippen LogP contribution >= 0.6 is 0 Å². The van der Waals surface area contributed by atoms with Crippen LogP contribution in [0.25, 0.3) is 34.1 Å². The summed E-state index contributed by atoms with van der Waals surface area (Å²) in [6.07, 6.45) is 1.70. The molecule has 0 saturated heterocycles. The number of hydrogen-bond donors (Lipinski definition) is 2. The van der Waals surface area contributed by atoms with E-state index in [1.54, 1.807) is 6.20 Å². The third-order valence-electron chi connectivity index (χ3n) is 3.24. The van der Waals surface area contributed by atoms with E-state index < -0.39 is 0 Å². The fourth-order valence-electron chi connectivity index (χ4n) is 2.24. The molecule has 5 nitrogen and oxygen atoms in total. The number of benzene rings is 1. The van der Waals surface area contributed by atoms with Crippen molar-refractivity contribution in [1.82, 2.24) is 20.2 Å². The minimum absolute atomic E-state index is 0.712. The van der Waals surface area contributed by atoms with E-state index >= 15 is 0 Å². The fourth-order valence-corrected chi connectivity index (χ4v) is 2.24. The second-order valence-corrected chi connectivity index (χ2v) is 4.74. The third-order valence-corrected chi connectivity index (χ3v) is 3.24. The summed E-state index contributed by atoms with van der Waals surface area (Å²) in [7, 11) is 0. The van der Waals surface area contributed by atoms with Gasteiger partial charge in [-0.2, -0.15) is 5.10 Å². The summed E-state index contributed by atoms with van der Waals surface area (Å²) in [6.45, 7) is 2.06. The van der Waals surface area contributed by atoms with Crippen LogP contribution in [0.3, 0.4) is 0 Å². The number of aromatic nitrogens is 4. The molecule has 0 aliphatic rings. The van der Waals surface area contributed by atoms with Crippen LogP contribution < -0.4 is 0 Å². The number of H-pyrrole nitrogens is 2. The van der Waals surface area contributed by atoms with Crippen molar-refractivity contribution in [2.24, 2.45) is 0 Å². The van der Waals surface area contributed by atoms with Gasteiger partial charge in [-0.25, -0.2) is 4.98 Å². The van der Waals surface area contributed by atoms with Gasteiger partial charge in [0.15, 0.2) is 17.3 Å². The lowest BCUT2D eigenvalue weighted by molar-refractivity contribution is 0.590. The standard InChI is InChI=1S/C15H12N4O/c1-9-2-3-10-12(8-9)18-15(17-10)14-5-4-13(20-14)11-6-7-16-19-11/h2-8H,1H3,(H,16,19)(H,17,18). The number of aromatic amines is 2. The van der Waals surface area contributed by atoms with Crippen LogP contribution in [0.2, 0.25) is 0 Å². The number of nitrogens with zero attached hydrogens (tertiary/aromatic N) is 2.